The second-order valence-electron chi connectivity index (χ2n) is 6.40. The Kier molecular flexibility index (Phi) is 5.25. The highest BCUT2D eigenvalue weighted by Gasteiger charge is 2.12. The van der Waals surface area contributed by atoms with Crippen LogP contribution in [0.4, 0.5) is 5.69 Å². The van der Waals surface area contributed by atoms with Crippen molar-refractivity contribution in [2.75, 3.05) is 18.5 Å². The Morgan fingerprint density at radius 1 is 0.889 bits per heavy atom. The third-order valence-corrected chi connectivity index (χ3v) is 3.39. The van der Waals surface area contributed by atoms with E-state index in [4.69, 9.17) is 0 Å². The summed E-state index contributed by atoms with van der Waals surface area (Å²) in [6.45, 7) is 14.8. The van der Waals surface area contributed by atoms with Gasteiger partial charge in [0.15, 0.2) is 0 Å². The molecule has 1 rings (SSSR count). The normalized spacial score (nSPS) is 11.7. The molecule has 0 bridgehead atoms. The summed E-state index contributed by atoms with van der Waals surface area (Å²) in [5.41, 5.74) is 4.33. The molecule has 1 aromatic carbocycles. The molecule has 1 nitrogen and oxygen atoms in total. The lowest BCUT2D eigenvalue weighted by atomic mass is 9.90. The van der Waals surface area contributed by atoms with E-state index in [-0.39, 0.29) is 0 Å². The third kappa shape index (κ3) is 3.76. The van der Waals surface area contributed by atoms with Crippen molar-refractivity contribution in [1.29, 1.82) is 0 Å². The van der Waals surface area contributed by atoms with Crippen molar-refractivity contribution in [2.45, 2.75) is 53.4 Å². The fourth-order valence-electron chi connectivity index (χ4n) is 2.48. The topological polar surface area (TPSA) is 3.24 Å². The summed E-state index contributed by atoms with van der Waals surface area (Å²) in [5.74, 6) is 1.89. The van der Waals surface area contributed by atoms with Crippen molar-refractivity contribution < 1.29 is 0 Å². The van der Waals surface area contributed by atoms with E-state index in [0.29, 0.717) is 17.8 Å². The van der Waals surface area contributed by atoms with Gasteiger partial charge in [-0.3, -0.25) is 0 Å². The van der Waals surface area contributed by atoms with E-state index in [9.17, 15) is 0 Å². The van der Waals surface area contributed by atoms with Crippen molar-refractivity contribution >= 4 is 5.69 Å². The molecule has 1 aromatic rings. The fraction of sp³-hybridized carbons (Fsp3) is 0.647. The minimum atomic E-state index is 0.592. The van der Waals surface area contributed by atoms with Gasteiger partial charge in [-0.05, 0) is 41.0 Å². The van der Waals surface area contributed by atoms with Crippen molar-refractivity contribution in [1.82, 2.24) is 0 Å². The first-order chi connectivity index (χ1) is 8.32. The molecule has 102 valence electrons. The maximum atomic E-state index is 2.38. The molecule has 0 saturated heterocycles. The lowest BCUT2D eigenvalue weighted by molar-refractivity contribution is 0.638. The van der Waals surface area contributed by atoms with Gasteiger partial charge in [-0.15, -0.1) is 0 Å². The molecule has 0 radical (unpaired) electrons. The molecule has 0 aliphatic carbocycles. The molecule has 0 atom stereocenters. The highest BCUT2D eigenvalue weighted by Crippen LogP contribution is 2.30. The van der Waals surface area contributed by atoms with Crippen molar-refractivity contribution in [2.24, 2.45) is 5.92 Å². The number of hydrogen-bond acceptors (Lipinski definition) is 1. The molecule has 0 amide bonds. The Labute approximate surface area is 113 Å². The van der Waals surface area contributed by atoms with Gasteiger partial charge >= 0.3 is 0 Å². The highest BCUT2D eigenvalue weighted by atomic mass is 15.1. The average Bonchev–Trinajstić information content (AvgIpc) is 2.26. The molecule has 18 heavy (non-hydrogen) atoms. The van der Waals surface area contributed by atoms with Crippen LogP contribution in [0, 0.1) is 5.92 Å². The predicted octanol–water partition coefficient (Wildman–Crippen LogP) is 5.03. The maximum Gasteiger partial charge on any atom is 0.0366 e. The van der Waals surface area contributed by atoms with Crippen molar-refractivity contribution in [3.63, 3.8) is 0 Å². The number of benzene rings is 1. The van der Waals surface area contributed by atoms with E-state index in [2.05, 4.69) is 71.7 Å². The molecule has 1 heteroatoms. The zero-order valence-corrected chi connectivity index (χ0v) is 13.1. The summed E-state index contributed by atoms with van der Waals surface area (Å²) in [4.78, 5) is 2.36. The molecule has 0 fully saturated rings. The van der Waals surface area contributed by atoms with E-state index in [0.717, 1.165) is 6.54 Å². The first-order valence-corrected chi connectivity index (χ1v) is 7.17. The van der Waals surface area contributed by atoms with E-state index < -0.39 is 0 Å². The number of rotatable bonds is 5. The SMILES string of the molecule is CC(C)CN(C)c1ccc(C(C)C)c(C(C)C)c1. The van der Waals surface area contributed by atoms with E-state index >= 15 is 0 Å². The summed E-state index contributed by atoms with van der Waals surface area (Å²) in [7, 11) is 2.19. The number of nitrogens with zero attached hydrogens (tertiary/aromatic N) is 1. The molecule has 0 unspecified atom stereocenters. The zero-order chi connectivity index (χ0) is 13.9. The Bertz CT molecular complexity index is 377. The maximum absolute atomic E-state index is 2.38. The van der Waals surface area contributed by atoms with Gasteiger partial charge in [0, 0.05) is 19.3 Å². The number of hydrogen-bond donors (Lipinski definition) is 0. The Morgan fingerprint density at radius 2 is 1.44 bits per heavy atom. The molecule has 0 spiro atoms. The van der Waals surface area contributed by atoms with Gasteiger partial charge < -0.3 is 4.90 Å². The van der Waals surface area contributed by atoms with Crippen LogP contribution in [0.1, 0.15) is 64.5 Å². The standard InChI is InChI=1S/C17H29N/c1-12(2)11-18(7)15-8-9-16(13(3)4)17(10-15)14(5)6/h8-10,12-14H,11H2,1-7H3. The van der Waals surface area contributed by atoms with Crippen LogP contribution in [-0.2, 0) is 0 Å². The van der Waals surface area contributed by atoms with Crippen LogP contribution in [0.15, 0.2) is 18.2 Å². The predicted molar refractivity (Wildman–Crippen MR) is 82.7 cm³/mol. The van der Waals surface area contributed by atoms with Gasteiger partial charge in [-0.25, -0.2) is 0 Å². The molecule has 0 aliphatic rings. The van der Waals surface area contributed by atoms with Gasteiger partial charge in [-0.1, -0.05) is 47.6 Å². The van der Waals surface area contributed by atoms with Gasteiger partial charge in [0.1, 0.15) is 0 Å². The largest absolute Gasteiger partial charge is 0.374 e. The second kappa shape index (κ2) is 6.26. The van der Waals surface area contributed by atoms with E-state index in [1.807, 2.05) is 0 Å². The van der Waals surface area contributed by atoms with Crippen molar-refractivity contribution in [3.8, 4) is 0 Å². The molecular weight excluding hydrogens is 218 g/mol. The monoisotopic (exact) mass is 247 g/mol. The van der Waals surface area contributed by atoms with Crippen LogP contribution in [0.2, 0.25) is 0 Å². The summed E-state index contributed by atoms with van der Waals surface area (Å²) in [5, 5.41) is 0. The summed E-state index contributed by atoms with van der Waals surface area (Å²) in [6, 6.07) is 6.96. The first kappa shape index (κ1) is 15.1. The van der Waals surface area contributed by atoms with Gasteiger partial charge in [0.05, 0.1) is 0 Å². The molecule has 0 aliphatic heterocycles. The average molecular weight is 247 g/mol. The lowest BCUT2D eigenvalue weighted by Gasteiger charge is -2.25. The highest BCUT2D eigenvalue weighted by molar-refractivity contribution is 5.52. The summed E-state index contributed by atoms with van der Waals surface area (Å²) >= 11 is 0. The molecule has 0 N–H and O–H groups in total. The van der Waals surface area contributed by atoms with Crippen LogP contribution in [0.5, 0.6) is 0 Å². The van der Waals surface area contributed by atoms with Crippen LogP contribution in [-0.4, -0.2) is 13.6 Å². The van der Waals surface area contributed by atoms with Crippen LogP contribution >= 0.6 is 0 Å². The van der Waals surface area contributed by atoms with Crippen molar-refractivity contribution in [3.05, 3.63) is 29.3 Å². The van der Waals surface area contributed by atoms with E-state index in [1.165, 1.54) is 16.8 Å². The zero-order valence-electron chi connectivity index (χ0n) is 13.1. The van der Waals surface area contributed by atoms with Crippen LogP contribution < -0.4 is 4.90 Å². The third-order valence-electron chi connectivity index (χ3n) is 3.39. The molecule has 0 saturated carbocycles. The minimum Gasteiger partial charge on any atom is -0.374 e. The summed E-state index contributed by atoms with van der Waals surface area (Å²) in [6.07, 6.45) is 0. The second-order valence-corrected chi connectivity index (χ2v) is 6.40. The molecular formula is C17H29N. The van der Waals surface area contributed by atoms with Gasteiger partial charge in [0.25, 0.3) is 0 Å². The van der Waals surface area contributed by atoms with Gasteiger partial charge in [0.2, 0.25) is 0 Å². The first-order valence-electron chi connectivity index (χ1n) is 7.17. The van der Waals surface area contributed by atoms with Crippen LogP contribution in [0.3, 0.4) is 0 Å². The smallest absolute Gasteiger partial charge is 0.0366 e. The summed E-state index contributed by atoms with van der Waals surface area (Å²) < 4.78 is 0. The van der Waals surface area contributed by atoms with E-state index in [1.54, 1.807) is 0 Å². The molecule has 0 heterocycles. The Hall–Kier alpha value is -0.980. The fourth-order valence-corrected chi connectivity index (χ4v) is 2.48. The number of anilines is 1. The van der Waals surface area contributed by atoms with Crippen LogP contribution in [0.25, 0.3) is 0 Å². The minimum absolute atomic E-state index is 0.592. The Balaban J connectivity index is 3.07. The molecule has 0 aromatic heterocycles. The van der Waals surface area contributed by atoms with Gasteiger partial charge in [-0.2, -0.15) is 0 Å². The quantitative estimate of drug-likeness (QED) is 0.705. The Morgan fingerprint density at radius 3 is 1.89 bits per heavy atom. The lowest BCUT2D eigenvalue weighted by Crippen LogP contribution is -2.22.